The van der Waals surface area contributed by atoms with Crippen molar-refractivity contribution in [1.29, 1.82) is 0 Å². The number of benzene rings is 1. The van der Waals surface area contributed by atoms with Crippen LogP contribution in [-0.2, 0) is 16.1 Å². The van der Waals surface area contributed by atoms with Crippen LogP contribution >= 0.6 is 0 Å². The summed E-state index contributed by atoms with van der Waals surface area (Å²) in [5.74, 6) is 1.12. The van der Waals surface area contributed by atoms with Crippen LogP contribution in [0.25, 0.3) is 0 Å². The number of amides is 1. The van der Waals surface area contributed by atoms with Crippen molar-refractivity contribution in [3.63, 3.8) is 0 Å². The van der Waals surface area contributed by atoms with E-state index in [1.165, 1.54) is 0 Å². The molecule has 2 N–H and O–H groups in total. The van der Waals surface area contributed by atoms with E-state index in [2.05, 4.69) is 24.5 Å². The zero-order valence-electron chi connectivity index (χ0n) is 12.9. The molecule has 116 valence electrons. The molecule has 1 heterocycles. The van der Waals surface area contributed by atoms with Gasteiger partial charge in [-0.3, -0.25) is 4.79 Å². The van der Waals surface area contributed by atoms with Crippen LogP contribution in [0.5, 0.6) is 5.75 Å². The lowest BCUT2D eigenvalue weighted by Crippen LogP contribution is -2.37. The number of hydrogen-bond donors (Lipinski definition) is 2. The molecular weight excluding hydrogens is 268 g/mol. The van der Waals surface area contributed by atoms with Crippen LogP contribution < -0.4 is 15.4 Å². The Morgan fingerprint density at radius 3 is 2.95 bits per heavy atom. The van der Waals surface area contributed by atoms with Gasteiger partial charge in [0.2, 0.25) is 0 Å². The third-order valence-electron chi connectivity index (χ3n) is 3.55. The average Bonchev–Trinajstić information content (AvgIpc) is 2.46. The Labute approximate surface area is 126 Å². The van der Waals surface area contributed by atoms with Crippen LogP contribution in [-0.4, -0.2) is 31.8 Å². The Kier molecular flexibility index (Phi) is 5.59. The van der Waals surface area contributed by atoms with Crippen LogP contribution in [0.15, 0.2) is 18.2 Å². The molecule has 5 heteroatoms. The first-order valence-electron chi connectivity index (χ1n) is 7.47. The van der Waals surface area contributed by atoms with E-state index in [0.29, 0.717) is 18.6 Å². The van der Waals surface area contributed by atoms with Crippen molar-refractivity contribution in [2.24, 2.45) is 5.92 Å². The molecule has 1 aromatic rings. The van der Waals surface area contributed by atoms with Gasteiger partial charge < -0.3 is 20.1 Å². The molecule has 21 heavy (non-hydrogen) atoms. The van der Waals surface area contributed by atoms with E-state index in [1.54, 1.807) is 0 Å². The van der Waals surface area contributed by atoms with Crippen LogP contribution in [0.2, 0.25) is 0 Å². The zero-order valence-corrected chi connectivity index (χ0v) is 12.9. The maximum absolute atomic E-state index is 11.3. The van der Waals surface area contributed by atoms with E-state index in [9.17, 15) is 4.79 Å². The molecule has 0 fully saturated rings. The van der Waals surface area contributed by atoms with Gasteiger partial charge >= 0.3 is 0 Å². The average molecular weight is 292 g/mol. The van der Waals surface area contributed by atoms with Crippen LogP contribution in [0.3, 0.4) is 0 Å². The Hall–Kier alpha value is -1.59. The summed E-state index contributed by atoms with van der Waals surface area (Å²) in [6, 6.07) is 6.18. The molecule has 0 aromatic heterocycles. The predicted molar refractivity (Wildman–Crippen MR) is 82.5 cm³/mol. The minimum atomic E-state index is -0.107. The summed E-state index contributed by atoms with van der Waals surface area (Å²) in [4.78, 5) is 11.3. The minimum Gasteiger partial charge on any atom is -0.482 e. The highest BCUT2D eigenvalue weighted by Crippen LogP contribution is 2.28. The second-order valence-corrected chi connectivity index (χ2v) is 5.56. The molecule has 1 amide bonds. The van der Waals surface area contributed by atoms with Gasteiger partial charge in [-0.1, -0.05) is 19.9 Å². The third kappa shape index (κ3) is 4.44. The van der Waals surface area contributed by atoms with Crippen molar-refractivity contribution in [2.45, 2.75) is 33.4 Å². The molecule has 0 saturated carbocycles. The second-order valence-electron chi connectivity index (χ2n) is 5.56. The molecule has 1 atom stereocenters. The van der Waals surface area contributed by atoms with Crippen molar-refractivity contribution in [1.82, 2.24) is 5.32 Å². The van der Waals surface area contributed by atoms with Gasteiger partial charge in [0, 0.05) is 19.2 Å². The highest BCUT2D eigenvalue weighted by Gasteiger charge is 2.17. The third-order valence-corrected chi connectivity index (χ3v) is 3.55. The van der Waals surface area contributed by atoms with Crippen molar-refractivity contribution < 1.29 is 14.3 Å². The maximum atomic E-state index is 11.3. The first-order chi connectivity index (χ1) is 10.1. The first-order valence-corrected chi connectivity index (χ1v) is 7.47. The molecule has 1 aromatic carbocycles. The van der Waals surface area contributed by atoms with E-state index in [4.69, 9.17) is 9.47 Å². The van der Waals surface area contributed by atoms with Gasteiger partial charge in [0.25, 0.3) is 5.91 Å². The van der Waals surface area contributed by atoms with Gasteiger partial charge in [-0.15, -0.1) is 0 Å². The summed E-state index contributed by atoms with van der Waals surface area (Å²) in [7, 11) is 0. The van der Waals surface area contributed by atoms with Gasteiger partial charge in [0.05, 0.1) is 12.3 Å². The molecule has 1 aliphatic rings. The molecule has 2 rings (SSSR count). The Balaban J connectivity index is 1.96. The quantitative estimate of drug-likeness (QED) is 0.808. The summed E-state index contributed by atoms with van der Waals surface area (Å²) >= 11 is 0. The first kappa shape index (κ1) is 15.8. The number of nitrogens with one attached hydrogen (secondary N) is 2. The minimum absolute atomic E-state index is 0.0916. The van der Waals surface area contributed by atoms with Crippen LogP contribution in [0, 0.1) is 5.92 Å². The van der Waals surface area contributed by atoms with Crippen molar-refractivity contribution >= 4 is 11.6 Å². The van der Waals surface area contributed by atoms with Gasteiger partial charge in [0.15, 0.2) is 6.61 Å². The highest BCUT2D eigenvalue weighted by atomic mass is 16.5. The molecule has 0 spiro atoms. The number of anilines is 1. The lowest BCUT2D eigenvalue weighted by Gasteiger charge is -2.23. The summed E-state index contributed by atoms with van der Waals surface area (Å²) in [6.45, 7) is 8.62. The number of rotatable bonds is 7. The predicted octanol–water partition coefficient (Wildman–Crippen LogP) is 2.17. The molecule has 5 nitrogen and oxygen atoms in total. The van der Waals surface area contributed by atoms with Crippen molar-refractivity contribution in [2.75, 3.05) is 25.1 Å². The molecule has 1 unspecified atom stereocenters. The Bertz CT molecular complexity index is 488. The van der Waals surface area contributed by atoms with E-state index < -0.39 is 0 Å². The van der Waals surface area contributed by atoms with Crippen molar-refractivity contribution in [3.8, 4) is 5.75 Å². The molecule has 0 bridgehead atoms. The summed E-state index contributed by atoms with van der Waals surface area (Å²) in [5, 5.41) is 6.34. The topological polar surface area (TPSA) is 59.6 Å². The zero-order chi connectivity index (χ0) is 15.2. The SMILES string of the molecule is CCOCC(NCc1ccc2c(c1)NC(=O)CO2)C(C)C. The number of ether oxygens (including phenoxy) is 2. The van der Waals surface area contributed by atoms with Crippen LogP contribution in [0.4, 0.5) is 5.69 Å². The molecule has 1 aliphatic heterocycles. The maximum Gasteiger partial charge on any atom is 0.262 e. The Morgan fingerprint density at radius 2 is 2.24 bits per heavy atom. The standard InChI is InChI=1S/C16H24N2O3/c1-4-20-9-14(11(2)3)17-8-12-5-6-15-13(7-12)18-16(19)10-21-15/h5-7,11,14,17H,4,8-10H2,1-3H3,(H,18,19). The molecule has 0 radical (unpaired) electrons. The van der Waals surface area contributed by atoms with Gasteiger partial charge in [-0.2, -0.15) is 0 Å². The molecular formula is C16H24N2O3. The Morgan fingerprint density at radius 1 is 1.43 bits per heavy atom. The summed E-state index contributed by atoms with van der Waals surface area (Å²) in [6.07, 6.45) is 0. The number of carbonyl (C=O) groups excluding carboxylic acids is 1. The summed E-state index contributed by atoms with van der Waals surface area (Å²) < 4.78 is 10.9. The smallest absolute Gasteiger partial charge is 0.262 e. The highest BCUT2D eigenvalue weighted by molar-refractivity contribution is 5.95. The van der Waals surface area contributed by atoms with E-state index in [1.807, 2.05) is 25.1 Å². The van der Waals surface area contributed by atoms with Crippen LogP contribution in [0.1, 0.15) is 26.3 Å². The van der Waals surface area contributed by atoms with Gasteiger partial charge in [0.1, 0.15) is 5.75 Å². The van der Waals surface area contributed by atoms with Gasteiger partial charge in [-0.25, -0.2) is 0 Å². The van der Waals surface area contributed by atoms with E-state index in [-0.39, 0.29) is 12.5 Å². The van der Waals surface area contributed by atoms with E-state index >= 15 is 0 Å². The lowest BCUT2D eigenvalue weighted by molar-refractivity contribution is -0.118. The van der Waals surface area contributed by atoms with Crippen molar-refractivity contribution in [3.05, 3.63) is 23.8 Å². The fourth-order valence-corrected chi connectivity index (χ4v) is 2.22. The number of hydrogen-bond acceptors (Lipinski definition) is 4. The number of fused-ring (bicyclic) bond motifs is 1. The fourth-order valence-electron chi connectivity index (χ4n) is 2.22. The normalized spacial score (nSPS) is 15.3. The fraction of sp³-hybridized carbons (Fsp3) is 0.562. The molecule has 0 aliphatic carbocycles. The molecule has 0 saturated heterocycles. The number of carbonyl (C=O) groups is 1. The summed E-state index contributed by atoms with van der Waals surface area (Å²) in [5.41, 5.74) is 1.86. The largest absolute Gasteiger partial charge is 0.482 e. The van der Waals surface area contributed by atoms with E-state index in [0.717, 1.165) is 30.2 Å². The lowest BCUT2D eigenvalue weighted by atomic mass is 10.0. The van der Waals surface area contributed by atoms with Gasteiger partial charge in [-0.05, 0) is 30.5 Å². The second kappa shape index (κ2) is 7.43. The monoisotopic (exact) mass is 292 g/mol.